The maximum absolute atomic E-state index is 12.0. The molecule has 0 aliphatic rings. The Hall–Kier alpha value is -1.34. The molecule has 114 valence electrons. The van der Waals surface area contributed by atoms with Gasteiger partial charge in [-0.05, 0) is 13.8 Å². The first-order valence-electron chi connectivity index (χ1n) is 6.75. The van der Waals surface area contributed by atoms with Crippen LogP contribution < -0.4 is 5.32 Å². The average Bonchev–Trinajstić information content (AvgIpc) is 3.05. The lowest BCUT2D eigenvalue weighted by Crippen LogP contribution is -2.22. The van der Waals surface area contributed by atoms with E-state index >= 15 is 0 Å². The minimum Gasteiger partial charge on any atom is -0.338 e. The molecule has 7 heteroatoms. The highest BCUT2D eigenvalue weighted by Gasteiger charge is 2.16. The molecule has 5 nitrogen and oxygen atoms in total. The number of rotatable bonds is 6. The first kappa shape index (κ1) is 16.0. The number of nitrogens with one attached hydrogen (secondary N) is 1. The van der Waals surface area contributed by atoms with Crippen LogP contribution in [0.1, 0.15) is 43.1 Å². The zero-order valence-electron chi connectivity index (χ0n) is 12.5. The van der Waals surface area contributed by atoms with E-state index in [2.05, 4.69) is 34.7 Å². The summed E-state index contributed by atoms with van der Waals surface area (Å²) in [6.07, 6.45) is 0. The fourth-order valence-corrected chi connectivity index (χ4v) is 3.31. The van der Waals surface area contributed by atoms with Crippen molar-refractivity contribution in [3.63, 3.8) is 0 Å². The van der Waals surface area contributed by atoms with Gasteiger partial charge >= 0.3 is 0 Å². The van der Waals surface area contributed by atoms with Crippen molar-refractivity contribution >= 4 is 34.9 Å². The number of carbonyl (C=O) groups excluding carboxylic acids is 1. The van der Waals surface area contributed by atoms with E-state index in [0.29, 0.717) is 11.8 Å². The molecule has 2 aromatic rings. The van der Waals surface area contributed by atoms with Crippen LogP contribution in [0.25, 0.3) is 0 Å². The van der Waals surface area contributed by atoms with Gasteiger partial charge in [-0.3, -0.25) is 10.1 Å². The van der Waals surface area contributed by atoms with Gasteiger partial charge in [0.2, 0.25) is 11.8 Å². The van der Waals surface area contributed by atoms with Gasteiger partial charge in [0.15, 0.2) is 0 Å². The van der Waals surface area contributed by atoms with Crippen molar-refractivity contribution in [3.05, 3.63) is 27.8 Å². The first-order valence-corrected chi connectivity index (χ1v) is 8.68. The molecule has 2 rings (SSSR count). The summed E-state index contributed by atoms with van der Waals surface area (Å²) >= 11 is 3.23. The van der Waals surface area contributed by atoms with Crippen molar-refractivity contribution in [2.45, 2.75) is 44.6 Å². The van der Waals surface area contributed by atoms with E-state index in [0.717, 1.165) is 22.1 Å². The molecule has 0 aliphatic heterocycles. The van der Waals surface area contributed by atoms with E-state index in [1.54, 1.807) is 29.2 Å². The zero-order valence-corrected chi connectivity index (χ0v) is 14.2. The highest BCUT2D eigenvalue weighted by atomic mass is 32.2. The number of aryl methyl sites for hydroxylation is 1. The van der Waals surface area contributed by atoms with Gasteiger partial charge in [0.25, 0.3) is 0 Å². The smallest absolute Gasteiger partial charge is 0.239 e. The van der Waals surface area contributed by atoms with Gasteiger partial charge < -0.3 is 4.52 Å². The normalized spacial score (nSPS) is 12.6. The molecule has 0 spiro atoms. The molecule has 0 aromatic carbocycles. The van der Waals surface area contributed by atoms with Crippen LogP contribution in [0.15, 0.2) is 16.0 Å². The second-order valence-electron chi connectivity index (χ2n) is 5.11. The molecule has 1 unspecified atom stereocenters. The number of hydrogen-bond acceptors (Lipinski definition) is 6. The molecule has 1 atom stereocenters. The average molecular weight is 325 g/mol. The molecule has 2 heterocycles. The van der Waals surface area contributed by atoms with Crippen molar-refractivity contribution in [2.75, 3.05) is 5.32 Å². The summed E-state index contributed by atoms with van der Waals surface area (Å²) in [4.78, 5) is 16.6. The Morgan fingerprint density at radius 3 is 2.81 bits per heavy atom. The molecular formula is C14H19N3O2S2. The summed E-state index contributed by atoms with van der Waals surface area (Å²) in [5.41, 5.74) is 1.78. The van der Waals surface area contributed by atoms with Gasteiger partial charge in [-0.15, -0.1) is 23.1 Å². The Balaban J connectivity index is 1.83. The molecular weight excluding hydrogens is 306 g/mol. The Bertz CT molecular complexity index is 607. The van der Waals surface area contributed by atoms with Gasteiger partial charge in [-0.25, -0.2) is 4.98 Å². The minimum atomic E-state index is -0.181. The SMILES string of the molecule is Cc1cc(NC(=O)C(C)SCc2csc(C(C)C)n2)on1. The highest BCUT2D eigenvalue weighted by Crippen LogP contribution is 2.24. The molecule has 21 heavy (non-hydrogen) atoms. The van der Waals surface area contributed by atoms with Crippen LogP contribution in [0.5, 0.6) is 0 Å². The quantitative estimate of drug-likeness (QED) is 0.874. The Labute approximate surface area is 132 Å². The van der Waals surface area contributed by atoms with Gasteiger partial charge in [0.05, 0.1) is 21.6 Å². The fourth-order valence-electron chi connectivity index (χ4n) is 1.59. The maximum Gasteiger partial charge on any atom is 0.239 e. The Morgan fingerprint density at radius 1 is 1.48 bits per heavy atom. The molecule has 2 aromatic heterocycles. The number of carbonyl (C=O) groups is 1. The fraction of sp³-hybridized carbons (Fsp3) is 0.500. The summed E-state index contributed by atoms with van der Waals surface area (Å²) in [6.45, 7) is 7.95. The van der Waals surface area contributed by atoms with E-state index < -0.39 is 0 Å². The second-order valence-corrected chi connectivity index (χ2v) is 7.33. The number of hydrogen-bond donors (Lipinski definition) is 1. The Kier molecular flexibility index (Phi) is 5.41. The third-order valence-corrected chi connectivity index (χ3v) is 5.16. The summed E-state index contributed by atoms with van der Waals surface area (Å²) in [5.74, 6) is 1.48. The lowest BCUT2D eigenvalue weighted by Gasteiger charge is -2.09. The number of thiazole rings is 1. The predicted octanol–water partition coefficient (Wildman–Crippen LogP) is 3.82. The van der Waals surface area contributed by atoms with E-state index in [1.165, 1.54) is 0 Å². The molecule has 0 aliphatic carbocycles. The van der Waals surface area contributed by atoms with E-state index in [1.807, 2.05) is 13.8 Å². The van der Waals surface area contributed by atoms with Crippen LogP contribution in [0.3, 0.4) is 0 Å². The molecule has 0 fully saturated rings. The van der Waals surface area contributed by atoms with Crippen LogP contribution in [-0.2, 0) is 10.5 Å². The summed E-state index contributed by atoms with van der Waals surface area (Å²) in [7, 11) is 0. The topological polar surface area (TPSA) is 68.0 Å². The third kappa shape index (κ3) is 4.57. The second kappa shape index (κ2) is 7.09. The molecule has 0 bridgehead atoms. The zero-order chi connectivity index (χ0) is 15.4. The van der Waals surface area contributed by atoms with Crippen LogP contribution in [0.4, 0.5) is 5.88 Å². The van der Waals surface area contributed by atoms with E-state index in [9.17, 15) is 4.79 Å². The summed E-state index contributed by atoms with van der Waals surface area (Å²) in [6, 6.07) is 1.70. The number of amides is 1. The third-order valence-electron chi connectivity index (χ3n) is 2.79. The largest absolute Gasteiger partial charge is 0.338 e. The minimum absolute atomic E-state index is 0.0875. The van der Waals surface area contributed by atoms with Crippen molar-refractivity contribution in [2.24, 2.45) is 0 Å². The molecule has 0 saturated heterocycles. The van der Waals surface area contributed by atoms with Gasteiger partial charge in [-0.2, -0.15) is 0 Å². The lowest BCUT2D eigenvalue weighted by atomic mass is 10.2. The molecule has 0 saturated carbocycles. The van der Waals surface area contributed by atoms with Gasteiger partial charge in [0.1, 0.15) is 0 Å². The standard InChI is InChI=1S/C14H19N3O2S2/c1-8(2)14-15-11(7-21-14)6-20-10(4)13(18)16-12-5-9(3)17-19-12/h5,7-8,10H,6H2,1-4H3,(H,16,18). The summed E-state index contributed by atoms with van der Waals surface area (Å²) < 4.78 is 4.98. The van der Waals surface area contributed by atoms with Crippen molar-refractivity contribution in [3.8, 4) is 0 Å². The molecule has 0 radical (unpaired) electrons. The summed E-state index contributed by atoms with van der Waals surface area (Å²) in [5, 5.41) is 9.47. The number of aromatic nitrogens is 2. The van der Waals surface area contributed by atoms with Crippen LogP contribution in [-0.4, -0.2) is 21.3 Å². The number of thioether (sulfide) groups is 1. The maximum atomic E-state index is 12.0. The number of anilines is 1. The molecule has 1 amide bonds. The predicted molar refractivity (Wildman–Crippen MR) is 86.8 cm³/mol. The van der Waals surface area contributed by atoms with Crippen LogP contribution in [0, 0.1) is 6.92 Å². The monoisotopic (exact) mass is 325 g/mol. The van der Waals surface area contributed by atoms with Crippen LogP contribution in [0.2, 0.25) is 0 Å². The highest BCUT2D eigenvalue weighted by molar-refractivity contribution is 7.99. The van der Waals surface area contributed by atoms with Crippen LogP contribution >= 0.6 is 23.1 Å². The molecule has 1 N–H and O–H groups in total. The number of nitrogens with zero attached hydrogens (tertiary/aromatic N) is 2. The van der Waals surface area contributed by atoms with Gasteiger partial charge in [0, 0.05) is 23.1 Å². The lowest BCUT2D eigenvalue weighted by molar-refractivity contribution is -0.115. The van der Waals surface area contributed by atoms with Gasteiger partial charge in [-0.1, -0.05) is 19.0 Å². The van der Waals surface area contributed by atoms with E-state index in [-0.39, 0.29) is 11.2 Å². The van der Waals surface area contributed by atoms with Crippen molar-refractivity contribution < 1.29 is 9.32 Å². The van der Waals surface area contributed by atoms with Crippen molar-refractivity contribution in [1.82, 2.24) is 10.1 Å². The first-order chi connectivity index (χ1) is 9.95. The Morgan fingerprint density at radius 2 is 2.24 bits per heavy atom. The van der Waals surface area contributed by atoms with Crippen molar-refractivity contribution in [1.29, 1.82) is 0 Å². The van der Waals surface area contributed by atoms with E-state index in [4.69, 9.17) is 4.52 Å².